The maximum Gasteiger partial charge on any atom is 0.165 e. The first kappa shape index (κ1) is 14.8. The van der Waals surface area contributed by atoms with Crippen LogP contribution in [0.4, 0.5) is 5.82 Å². The summed E-state index contributed by atoms with van der Waals surface area (Å²) in [5.41, 5.74) is 1.78. The van der Waals surface area contributed by atoms with Gasteiger partial charge in [-0.1, -0.05) is 6.42 Å². The SMILES string of the molecule is CNc1c(-c2ncc(OC3CCCCC3)c(C)n2)cnn1C. The summed E-state index contributed by atoms with van der Waals surface area (Å²) in [6, 6.07) is 0. The molecule has 118 valence electrons. The molecule has 2 heterocycles. The molecule has 0 aliphatic heterocycles. The summed E-state index contributed by atoms with van der Waals surface area (Å²) in [5, 5.41) is 7.38. The van der Waals surface area contributed by atoms with Crippen LogP contribution in [-0.4, -0.2) is 32.9 Å². The molecule has 2 aromatic heterocycles. The second-order valence-electron chi connectivity index (χ2n) is 5.80. The molecule has 6 heteroatoms. The van der Waals surface area contributed by atoms with Gasteiger partial charge >= 0.3 is 0 Å². The molecule has 0 bridgehead atoms. The largest absolute Gasteiger partial charge is 0.487 e. The van der Waals surface area contributed by atoms with Gasteiger partial charge < -0.3 is 10.1 Å². The number of aromatic nitrogens is 4. The lowest BCUT2D eigenvalue weighted by atomic mass is 9.98. The lowest BCUT2D eigenvalue weighted by Gasteiger charge is -2.23. The Bertz CT molecular complexity index is 646. The molecule has 0 amide bonds. The standard InChI is InChI=1S/C16H23N5O/c1-11-14(22-12-7-5-4-6-8-12)10-18-15(20-11)13-9-19-21(3)16(13)17-2/h9-10,12,17H,4-8H2,1-3H3. The lowest BCUT2D eigenvalue weighted by Crippen LogP contribution is -2.20. The van der Waals surface area contributed by atoms with Crippen LogP contribution < -0.4 is 10.1 Å². The van der Waals surface area contributed by atoms with E-state index in [0.717, 1.165) is 35.7 Å². The van der Waals surface area contributed by atoms with Crippen molar-refractivity contribution < 1.29 is 4.74 Å². The number of aryl methyl sites for hydroxylation is 2. The molecule has 3 rings (SSSR count). The summed E-state index contributed by atoms with van der Waals surface area (Å²) < 4.78 is 7.86. The minimum absolute atomic E-state index is 0.313. The van der Waals surface area contributed by atoms with E-state index < -0.39 is 0 Å². The molecule has 1 N–H and O–H groups in total. The van der Waals surface area contributed by atoms with Crippen LogP contribution in [0.3, 0.4) is 0 Å². The van der Waals surface area contributed by atoms with E-state index in [9.17, 15) is 0 Å². The van der Waals surface area contributed by atoms with Crippen LogP contribution in [0, 0.1) is 6.92 Å². The van der Waals surface area contributed by atoms with E-state index >= 15 is 0 Å². The van der Waals surface area contributed by atoms with Crippen molar-refractivity contribution in [3.63, 3.8) is 0 Å². The molecule has 0 radical (unpaired) electrons. The van der Waals surface area contributed by atoms with Crippen molar-refractivity contribution in [2.24, 2.45) is 7.05 Å². The Morgan fingerprint density at radius 2 is 2.00 bits per heavy atom. The van der Waals surface area contributed by atoms with Crippen LogP contribution in [0.5, 0.6) is 5.75 Å². The van der Waals surface area contributed by atoms with E-state index in [2.05, 4.69) is 20.4 Å². The first-order chi connectivity index (χ1) is 10.7. The Balaban J connectivity index is 1.82. The van der Waals surface area contributed by atoms with Gasteiger partial charge in [-0.3, -0.25) is 4.68 Å². The van der Waals surface area contributed by atoms with Crippen LogP contribution in [0.2, 0.25) is 0 Å². The van der Waals surface area contributed by atoms with Gasteiger partial charge in [0.25, 0.3) is 0 Å². The summed E-state index contributed by atoms with van der Waals surface area (Å²) in [6.07, 6.45) is 9.98. The summed E-state index contributed by atoms with van der Waals surface area (Å²) >= 11 is 0. The summed E-state index contributed by atoms with van der Waals surface area (Å²) in [5.74, 6) is 2.37. The Morgan fingerprint density at radius 1 is 1.23 bits per heavy atom. The number of nitrogens with zero attached hydrogens (tertiary/aromatic N) is 4. The molecule has 1 fully saturated rings. The molecule has 0 atom stereocenters. The van der Waals surface area contributed by atoms with Crippen LogP contribution in [-0.2, 0) is 7.05 Å². The Morgan fingerprint density at radius 3 is 2.68 bits per heavy atom. The fraction of sp³-hybridized carbons (Fsp3) is 0.562. The third-order valence-corrected chi connectivity index (χ3v) is 4.20. The number of hydrogen-bond acceptors (Lipinski definition) is 5. The van der Waals surface area contributed by atoms with Crippen molar-refractivity contribution in [1.82, 2.24) is 19.7 Å². The van der Waals surface area contributed by atoms with Gasteiger partial charge in [0.2, 0.25) is 0 Å². The van der Waals surface area contributed by atoms with Crippen LogP contribution in [0.15, 0.2) is 12.4 Å². The highest BCUT2D eigenvalue weighted by Crippen LogP contribution is 2.28. The van der Waals surface area contributed by atoms with Gasteiger partial charge in [-0.15, -0.1) is 0 Å². The molecular weight excluding hydrogens is 278 g/mol. The Labute approximate surface area is 130 Å². The van der Waals surface area contributed by atoms with Gasteiger partial charge in [-0.2, -0.15) is 5.10 Å². The average molecular weight is 301 g/mol. The quantitative estimate of drug-likeness (QED) is 0.940. The van der Waals surface area contributed by atoms with E-state index in [1.54, 1.807) is 17.1 Å². The molecule has 0 spiro atoms. The van der Waals surface area contributed by atoms with E-state index in [4.69, 9.17) is 4.74 Å². The number of nitrogens with one attached hydrogen (secondary N) is 1. The van der Waals surface area contributed by atoms with E-state index in [0.29, 0.717) is 11.9 Å². The number of hydrogen-bond donors (Lipinski definition) is 1. The summed E-state index contributed by atoms with van der Waals surface area (Å²) in [7, 11) is 3.76. The van der Waals surface area contributed by atoms with Gasteiger partial charge in [-0.05, 0) is 32.6 Å². The third-order valence-electron chi connectivity index (χ3n) is 4.20. The minimum Gasteiger partial charge on any atom is -0.487 e. The highest BCUT2D eigenvalue weighted by atomic mass is 16.5. The number of rotatable bonds is 4. The normalized spacial score (nSPS) is 15.8. The highest BCUT2D eigenvalue weighted by molar-refractivity contribution is 5.69. The third kappa shape index (κ3) is 2.91. The van der Waals surface area contributed by atoms with Crippen molar-refractivity contribution in [2.45, 2.75) is 45.1 Å². The van der Waals surface area contributed by atoms with Gasteiger partial charge in [0.05, 0.1) is 29.8 Å². The van der Waals surface area contributed by atoms with E-state index in [1.165, 1.54) is 19.3 Å². The van der Waals surface area contributed by atoms with Crippen molar-refractivity contribution in [2.75, 3.05) is 12.4 Å². The molecule has 1 saturated carbocycles. The molecular formula is C16H23N5O. The van der Waals surface area contributed by atoms with Crippen LogP contribution in [0.25, 0.3) is 11.4 Å². The van der Waals surface area contributed by atoms with E-state index in [1.807, 2.05) is 21.0 Å². The smallest absolute Gasteiger partial charge is 0.165 e. The fourth-order valence-electron chi connectivity index (χ4n) is 2.96. The predicted molar refractivity (Wildman–Crippen MR) is 86.0 cm³/mol. The number of anilines is 1. The van der Waals surface area contributed by atoms with Crippen molar-refractivity contribution >= 4 is 5.82 Å². The maximum absolute atomic E-state index is 6.08. The molecule has 0 saturated heterocycles. The topological polar surface area (TPSA) is 64.9 Å². The summed E-state index contributed by atoms with van der Waals surface area (Å²) in [4.78, 5) is 9.07. The molecule has 2 aromatic rings. The van der Waals surface area contributed by atoms with E-state index in [-0.39, 0.29) is 0 Å². The van der Waals surface area contributed by atoms with Crippen LogP contribution in [0.1, 0.15) is 37.8 Å². The molecule has 0 unspecified atom stereocenters. The lowest BCUT2D eigenvalue weighted by molar-refractivity contribution is 0.152. The van der Waals surface area contributed by atoms with Crippen LogP contribution >= 0.6 is 0 Å². The molecule has 22 heavy (non-hydrogen) atoms. The monoisotopic (exact) mass is 301 g/mol. The Hall–Kier alpha value is -2.11. The van der Waals surface area contributed by atoms with Gasteiger partial charge in [0.15, 0.2) is 11.6 Å². The summed E-state index contributed by atoms with van der Waals surface area (Å²) in [6.45, 7) is 1.97. The second kappa shape index (κ2) is 6.34. The zero-order valence-corrected chi connectivity index (χ0v) is 13.5. The fourth-order valence-corrected chi connectivity index (χ4v) is 2.96. The molecule has 1 aliphatic carbocycles. The number of ether oxygens (including phenoxy) is 1. The first-order valence-corrected chi connectivity index (χ1v) is 7.89. The highest BCUT2D eigenvalue weighted by Gasteiger charge is 2.18. The second-order valence-corrected chi connectivity index (χ2v) is 5.80. The minimum atomic E-state index is 0.313. The van der Waals surface area contributed by atoms with Gasteiger partial charge in [-0.25, -0.2) is 9.97 Å². The zero-order valence-electron chi connectivity index (χ0n) is 13.5. The molecule has 6 nitrogen and oxygen atoms in total. The zero-order chi connectivity index (χ0) is 15.5. The first-order valence-electron chi connectivity index (χ1n) is 7.89. The molecule has 1 aliphatic rings. The maximum atomic E-state index is 6.08. The van der Waals surface area contributed by atoms with Gasteiger partial charge in [0.1, 0.15) is 5.82 Å². The Kier molecular flexibility index (Phi) is 4.27. The average Bonchev–Trinajstić information content (AvgIpc) is 2.91. The molecule has 0 aromatic carbocycles. The van der Waals surface area contributed by atoms with Gasteiger partial charge in [0, 0.05) is 14.1 Å². The van der Waals surface area contributed by atoms with Crippen molar-refractivity contribution in [3.05, 3.63) is 18.1 Å². The van der Waals surface area contributed by atoms with Crippen molar-refractivity contribution in [1.29, 1.82) is 0 Å². The van der Waals surface area contributed by atoms with Crippen molar-refractivity contribution in [3.8, 4) is 17.1 Å². The predicted octanol–water partition coefficient (Wildman–Crippen LogP) is 2.94.